The molecule has 2 atom stereocenters. The Morgan fingerprint density at radius 1 is 1.50 bits per heavy atom. The number of ether oxygens (including phenoxy) is 1. The van der Waals surface area contributed by atoms with Crippen molar-refractivity contribution < 1.29 is 14.6 Å². The second-order valence-corrected chi connectivity index (χ2v) is 5.81. The van der Waals surface area contributed by atoms with Crippen molar-refractivity contribution in [2.24, 2.45) is 0 Å². The van der Waals surface area contributed by atoms with Crippen LogP contribution in [0, 0.1) is 0 Å². The van der Waals surface area contributed by atoms with Crippen molar-refractivity contribution in [3.63, 3.8) is 0 Å². The molecule has 1 rings (SSSR count). The third kappa shape index (κ3) is 3.91. The van der Waals surface area contributed by atoms with Gasteiger partial charge < -0.3 is 15.2 Å². The van der Waals surface area contributed by atoms with Crippen LogP contribution in [0.5, 0.6) is 11.5 Å². The summed E-state index contributed by atoms with van der Waals surface area (Å²) in [6.45, 7) is 3.94. The van der Waals surface area contributed by atoms with Crippen molar-refractivity contribution in [3.8, 4) is 11.5 Å². The molecule has 0 spiro atoms. The zero-order valence-electron chi connectivity index (χ0n) is 10.7. The van der Waals surface area contributed by atoms with Gasteiger partial charge in [0.2, 0.25) is 0 Å². The number of phenols is 1. The van der Waals surface area contributed by atoms with Crippen molar-refractivity contribution in [1.29, 1.82) is 0 Å². The minimum Gasteiger partial charge on any atom is -0.504 e. The number of methoxy groups -OCH3 is 1. The van der Waals surface area contributed by atoms with E-state index in [2.05, 4.69) is 21.2 Å². The average Bonchev–Trinajstić information content (AvgIpc) is 2.27. The zero-order chi connectivity index (χ0) is 13.7. The Balaban J connectivity index is 2.78. The molecule has 0 saturated heterocycles. The maximum atomic E-state index is 12.0. The molecule has 18 heavy (non-hydrogen) atoms. The van der Waals surface area contributed by atoms with Gasteiger partial charge in [0.1, 0.15) is 0 Å². The van der Waals surface area contributed by atoms with Crippen LogP contribution in [-0.2, 0) is 0 Å². The number of halogens is 1. The van der Waals surface area contributed by atoms with Gasteiger partial charge in [-0.15, -0.1) is 0 Å². The smallest absolute Gasteiger partial charge is 0.255 e. The van der Waals surface area contributed by atoms with Crippen LogP contribution in [-0.4, -0.2) is 29.0 Å². The standard InChI is InChI=1S/C13H18BrNO3/c1-8(14)7-9(2)15-13(17)10-5-4-6-11(18-3)12(10)16/h4-6,8-9,16H,7H2,1-3H3,(H,15,17). The van der Waals surface area contributed by atoms with Crippen LogP contribution in [0.3, 0.4) is 0 Å². The van der Waals surface area contributed by atoms with Crippen molar-refractivity contribution in [3.05, 3.63) is 23.8 Å². The molecule has 0 aliphatic heterocycles. The van der Waals surface area contributed by atoms with Crippen LogP contribution < -0.4 is 10.1 Å². The normalized spacial score (nSPS) is 13.8. The van der Waals surface area contributed by atoms with Gasteiger partial charge in [-0.25, -0.2) is 0 Å². The van der Waals surface area contributed by atoms with Gasteiger partial charge in [0.05, 0.1) is 12.7 Å². The van der Waals surface area contributed by atoms with Crippen LogP contribution in [0.2, 0.25) is 0 Å². The highest BCUT2D eigenvalue weighted by atomic mass is 79.9. The van der Waals surface area contributed by atoms with Crippen molar-refractivity contribution in [1.82, 2.24) is 5.32 Å². The molecule has 0 saturated carbocycles. The lowest BCUT2D eigenvalue weighted by Crippen LogP contribution is -2.33. The first kappa shape index (κ1) is 14.8. The summed E-state index contributed by atoms with van der Waals surface area (Å²) in [5.74, 6) is -0.132. The Morgan fingerprint density at radius 2 is 2.17 bits per heavy atom. The van der Waals surface area contributed by atoms with Crippen molar-refractivity contribution in [2.75, 3.05) is 7.11 Å². The molecule has 0 bridgehead atoms. The maximum absolute atomic E-state index is 12.0. The van der Waals surface area contributed by atoms with Gasteiger partial charge >= 0.3 is 0 Å². The van der Waals surface area contributed by atoms with E-state index in [4.69, 9.17) is 4.74 Å². The van der Waals surface area contributed by atoms with Crippen LogP contribution in [0.1, 0.15) is 30.6 Å². The van der Waals surface area contributed by atoms with Gasteiger partial charge in [-0.05, 0) is 25.5 Å². The molecule has 1 aromatic carbocycles. The molecule has 2 N–H and O–H groups in total. The first-order valence-corrected chi connectivity index (χ1v) is 6.68. The number of alkyl halides is 1. The largest absolute Gasteiger partial charge is 0.504 e. The van der Waals surface area contributed by atoms with E-state index in [1.165, 1.54) is 7.11 Å². The SMILES string of the molecule is COc1cccc(C(=O)NC(C)CC(C)Br)c1O. The predicted molar refractivity (Wildman–Crippen MR) is 74.6 cm³/mol. The van der Waals surface area contributed by atoms with Crippen molar-refractivity contribution >= 4 is 21.8 Å². The third-order valence-electron chi connectivity index (χ3n) is 2.52. The zero-order valence-corrected chi connectivity index (χ0v) is 12.3. The van der Waals surface area contributed by atoms with Gasteiger partial charge in [-0.2, -0.15) is 0 Å². The van der Waals surface area contributed by atoms with Gasteiger partial charge in [0, 0.05) is 10.9 Å². The summed E-state index contributed by atoms with van der Waals surface area (Å²) >= 11 is 3.44. The number of para-hydroxylation sites is 1. The lowest BCUT2D eigenvalue weighted by atomic mass is 10.1. The molecule has 0 aliphatic rings. The Kier molecular flexibility index (Phi) is 5.47. The van der Waals surface area contributed by atoms with Crippen LogP contribution in [0.25, 0.3) is 0 Å². The lowest BCUT2D eigenvalue weighted by Gasteiger charge is -2.16. The van der Waals surface area contributed by atoms with Crippen LogP contribution in [0.15, 0.2) is 18.2 Å². The van der Waals surface area contributed by atoms with E-state index in [9.17, 15) is 9.90 Å². The number of amides is 1. The number of phenolic OH excluding ortho intramolecular Hbond substituents is 1. The summed E-state index contributed by atoms with van der Waals surface area (Å²) < 4.78 is 4.97. The summed E-state index contributed by atoms with van der Waals surface area (Å²) in [5, 5.41) is 12.7. The Labute approximate surface area is 115 Å². The molecule has 0 fully saturated rings. The summed E-state index contributed by atoms with van der Waals surface area (Å²) in [6.07, 6.45) is 0.816. The van der Waals surface area contributed by atoms with E-state index in [0.29, 0.717) is 10.6 Å². The molecule has 1 amide bonds. The maximum Gasteiger partial charge on any atom is 0.255 e. The van der Waals surface area contributed by atoms with E-state index in [1.807, 2.05) is 13.8 Å². The fraction of sp³-hybridized carbons (Fsp3) is 0.462. The number of aromatic hydroxyl groups is 1. The van der Waals surface area contributed by atoms with E-state index < -0.39 is 0 Å². The second-order valence-electron chi connectivity index (χ2n) is 4.25. The van der Waals surface area contributed by atoms with Crippen LogP contribution in [0.4, 0.5) is 0 Å². The minimum atomic E-state index is -0.299. The quantitative estimate of drug-likeness (QED) is 0.821. The molecular formula is C13H18BrNO3. The monoisotopic (exact) mass is 315 g/mol. The average molecular weight is 316 g/mol. The number of hydrogen-bond donors (Lipinski definition) is 2. The topological polar surface area (TPSA) is 58.6 Å². The lowest BCUT2D eigenvalue weighted by molar-refractivity contribution is 0.0935. The van der Waals surface area contributed by atoms with E-state index in [1.54, 1.807) is 18.2 Å². The highest BCUT2D eigenvalue weighted by Crippen LogP contribution is 2.29. The van der Waals surface area contributed by atoms with E-state index in [0.717, 1.165) is 6.42 Å². The third-order valence-corrected chi connectivity index (χ3v) is 2.89. The first-order valence-electron chi connectivity index (χ1n) is 5.76. The Morgan fingerprint density at radius 3 is 2.72 bits per heavy atom. The number of carbonyl (C=O) groups excluding carboxylic acids is 1. The Bertz CT molecular complexity index is 421. The molecule has 4 nitrogen and oxygen atoms in total. The predicted octanol–water partition coefficient (Wildman–Crippen LogP) is 2.69. The summed E-state index contributed by atoms with van der Waals surface area (Å²) in [7, 11) is 1.45. The highest BCUT2D eigenvalue weighted by molar-refractivity contribution is 9.09. The number of benzene rings is 1. The molecule has 0 aromatic heterocycles. The highest BCUT2D eigenvalue weighted by Gasteiger charge is 2.17. The van der Waals surface area contributed by atoms with Gasteiger partial charge in [0.15, 0.2) is 11.5 Å². The number of nitrogens with one attached hydrogen (secondary N) is 1. The number of rotatable bonds is 5. The molecular weight excluding hydrogens is 298 g/mol. The molecule has 0 aliphatic carbocycles. The molecule has 2 unspecified atom stereocenters. The van der Waals surface area contributed by atoms with Gasteiger partial charge in [-0.1, -0.05) is 28.9 Å². The Hall–Kier alpha value is -1.23. The van der Waals surface area contributed by atoms with Crippen LogP contribution >= 0.6 is 15.9 Å². The molecule has 0 heterocycles. The minimum absolute atomic E-state index is 0.0254. The van der Waals surface area contributed by atoms with Crippen molar-refractivity contribution in [2.45, 2.75) is 31.1 Å². The van der Waals surface area contributed by atoms with Gasteiger partial charge in [0.25, 0.3) is 5.91 Å². The molecule has 0 radical (unpaired) electrons. The summed E-state index contributed by atoms with van der Waals surface area (Å²) in [5.41, 5.74) is 0.225. The summed E-state index contributed by atoms with van der Waals surface area (Å²) in [6, 6.07) is 4.87. The second kappa shape index (κ2) is 6.64. The number of carbonyl (C=O) groups is 1. The number of hydrogen-bond acceptors (Lipinski definition) is 3. The molecule has 5 heteroatoms. The van der Waals surface area contributed by atoms with Gasteiger partial charge in [-0.3, -0.25) is 4.79 Å². The first-order chi connectivity index (χ1) is 8.45. The van der Waals surface area contributed by atoms with E-state index in [-0.39, 0.29) is 23.3 Å². The van der Waals surface area contributed by atoms with E-state index >= 15 is 0 Å². The molecule has 1 aromatic rings. The fourth-order valence-corrected chi connectivity index (χ4v) is 2.28. The fourth-order valence-electron chi connectivity index (χ4n) is 1.72. The summed E-state index contributed by atoms with van der Waals surface area (Å²) in [4.78, 5) is 12.3. The molecule has 100 valence electrons.